The fraction of sp³-hybridized carbons (Fsp3) is 0.762. The largest absolute Gasteiger partial charge is 0.353 e. The first-order chi connectivity index (χ1) is 12.6. The van der Waals surface area contributed by atoms with Crippen LogP contribution in [0.2, 0.25) is 0 Å². The highest BCUT2D eigenvalue weighted by Crippen LogP contribution is 2.30. The summed E-state index contributed by atoms with van der Waals surface area (Å²) in [5.41, 5.74) is 0. The standard InChI is InChI=1S/C21H34N2O3/c1-2-8-20(25)23(16-24)15-17-11-13-18(14-12-17)21(26)22-19-9-6-4-3-5-7-10-19/h2,8,16-19H,3-7,9-15H2,1H3,(H,22,26)/b8-2-. The van der Waals surface area contributed by atoms with E-state index in [-0.39, 0.29) is 17.7 Å². The number of allylic oxidation sites excluding steroid dienone is 1. The van der Waals surface area contributed by atoms with E-state index in [9.17, 15) is 14.4 Å². The molecule has 0 radical (unpaired) electrons. The second-order valence-corrected chi connectivity index (χ2v) is 7.86. The molecule has 2 fully saturated rings. The Labute approximate surface area is 157 Å². The number of nitrogens with zero attached hydrogens (tertiary/aromatic N) is 1. The fourth-order valence-corrected chi connectivity index (χ4v) is 4.23. The van der Waals surface area contributed by atoms with Crippen molar-refractivity contribution in [2.75, 3.05) is 6.54 Å². The zero-order chi connectivity index (χ0) is 18.8. The third kappa shape index (κ3) is 6.58. The maximum atomic E-state index is 12.6. The van der Waals surface area contributed by atoms with E-state index in [0.717, 1.165) is 38.5 Å². The second kappa shape index (κ2) is 11.1. The maximum Gasteiger partial charge on any atom is 0.252 e. The fourth-order valence-electron chi connectivity index (χ4n) is 4.23. The number of rotatable bonds is 6. The van der Waals surface area contributed by atoms with Gasteiger partial charge < -0.3 is 5.32 Å². The van der Waals surface area contributed by atoms with Crippen LogP contribution in [-0.2, 0) is 14.4 Å². The van der Waals surface area contributed by atoms with E-state index in [1.807, 2.05) is 0 Å². The Hall–Kier alpha value is -1.65. The molecule has 5 heteroatoms. The molecule has 0 aromatic rings. The van der Waals surface area contributed by atoms with Crippen LogP contribution in [-0.4, -0.2) is 35.7 Å². The van der Waals surface area contributed by atoms with Crippen LogP contribution >= 0.6 is 0 Å². The number of hydrogen-bond donors (Lipinski definition) is 1. The minimum absolute atomic E-state index is 0.0904. The summed E-state index contributed by atoms with van der Waals surface area (Å²) in [7, 11) is 0. The molecule has 5 nitrogen and oxygen atoms in total. The summed E-state index contributed by atoms with van der Waals surface area (Å²) in [5, 5.41) is 3.29. The summed E-state index contributed by atoms with van der Waals surface area (Å²) < 4.78 is 0. The molecular weight excluding hydrogens is 328 g/mol. The van der Waals surface area contributed by atoms with E-state index in [0.29, 0.717) is 24.9 Å². The summed E-state index contributed by atoms with van der Waals surface area (Å²) in [6, 6.07) is 0.351. The van der Waals surface area contributed by atoms with Gasteiger partial charge in [0.05, 0.1) is 0 Å². The summed E-state index contributed by atoms with van der Waals surface area (Å²) >= 11 is 0. The van der Waals surface area contributed by atoms with Crippen LogP contribution in [0.5, 0.6) is 0 Å². The van der Waals surface area contributed by atoms with Crippen molar-refractivity contribution in [1.29, 1.82) is 0 Å². The SMILES string of the molecule is C/C=C\C(=O)N(C=O)CC1CCC(C(=O)NC2CCCCCCC2)CC1. The van der Waals surface area contributed by atoms with E-state index in [1.54, 1.807) is 13.0 Å². The topological polar surface area (TPSA) is 66.5 Å². The van der Waals surface area contributed by atoms with Gasteiger partial charge in [0.2, 0.25) is 12.3 Å². The van der Waals surface area contributed by atoms with Crippen LogP contribution in [0.3, 0.4) is 0 Å². The molecule has 0 atom stereocenters. The molecule has 0 aliphatic heterocycles. The van der Waals surface area contributed by atoms with Gasteiger partial charge in [0.15, 0.2) is 0 Å². The lowest BCUT2D eigenvalue weighted by Gasteiger charge is -2.31. The van der Waals surface area contributed by atoms with Crippen molar-refractivity contribution in [1.82, 2.24) is 10.2 Å². The van der Waals surface area contributed by atoms with Crippen LogP contribution in [0.4, 0.5) is 0 Å². The molecule has 0 spiro atoms. The van der Waals surface area contributed by atoms with Crippen molar-refractivity contribution >= 4 is 18.2 Å². The Kier molecular flexibility index (Phi) is 8.86. The number of carbonyl (C=O) groups is 3. The molecule has 0 heterocycles. The van der Waals surface area contributed by atoms with Gasteiger partial charge in [-0.3, -0.25) is 19.3 Å². The average molecular weight is 363 g/mol. The molecule has 26 heavy (non-hydrogen) atoms. The quantitative estimate of drug-likeness (QED) is 0.580. The third-order valence-corrected chi connectivity index (χ3v) is 5.84. The minimum atomic E-state index is -0.258. The van der Waals surface area contributed by atoms with Gasteiger partial charge in [-0.1, -0.05) is 38.2 Å². The van der Waals surface area contributed by atoms with E-state index >= 15 is 0 Å². The first kappa shape index (κ1) is 20.7. The monoisotopic (exact) mass is 362 g/mol. The molecule has 0 saturated heterocycles. The Bertz CT molecular complexity index is 487. The van der Waals surface area contributed by atoms with E-state index in [2.05, 4.69) is 5.32 Å². The molecule has 0 unspecified atom stereocenters. The van der Waals surface area contributed by atoms with Crippen LogP contribution in [0.25, 0.3) is 0 Å². The number of nitrogens with one attached hydrogen (secondary N) is 1. The second-order valence-electron chi connectivity index (χ2n) is 7.86. The van der Waals surface area contributed by atoms with Gasteiger partial charge in [-0.25, -0.2) is 0 Å². The Morgan fingerprint density at radius 1 is 0.962 bits per heavy atom. The molecule has 2 aliphatic rings. The summed E-state index contributed by atoms with van der Waals surface area (Å²) in [5.74, 6) is 0.352. The molecular formula is C21H34N2O3. The van der Waals surface area contributed by atoms with Crippen LogP contribution in [0, 0.1) is 11.8 Å². The minimum Gasteiger partial charge on any atom is -0.353 e. The molecule has 2 aliphatic carbocycles. The first-order valence-corrected chi connectivity index (χ1v) is 10.3. The normalized spacial score (nSPS) is 25.3. The number of amides is 3. The zero-order valence-corrected chi connectivity index (χ0v) is 16.1. The van der Waals surface area contributed by atoms with Gasteiger partial charge in [-0.2, -0.15) is 0 Å². The van der Waals surface area contributed by atoms with Gasteiger partial charge in [0, 0.05) is 18.5 Å². The van der Waals surface area contributed by atoms with Crippen molar-refractivity contribution in [3.8, 4) is 0 Å². The Morgan fingerprint density at radius 3 is 2.15 bits per heavy atom. The lowest BCUT2D eigenvalue weighted by atomic mass is 9.81. The molecule has 146 valence electrons. The lowest BCUT2D eigenvalue weighted by molar-refractivity contribution is -0.136. The van der Waals surface area contributed by atoms with Gasteiger partial charge in [0.1, 0.15) is 0 Å². The van der Waals surface area contributed by atoms with Crippen molar-refractivity contribution in [3.63, 3.8) is 0 Å². The number of imide groups is 1. The van der Waals surface area contributed by atoms with E-state index in [1.165, 1.54) is 43.1 Å². The van der Waals surface area contributed by atoms with Crippen molar-refractivity contribution in [3.05, 3.63) is 12.2 Å². The van der Waals surface area contributed by atoms with Crippen molar-refractivity contribution in [2.24, 2.45) is 11.8 Å². The maximum absolute atomic E-state index is 12.6. The smallest absolute Gasteiger partial charge is 0.252 e. The van der Waals surface area contributed by atoms with Crippen molar-refractivity contribution in [2.45, 2.75) is 83.6 Å². The summed E-state index contributed by atoms with van der Waals surface area (Å²) in [4.78, 5) is 36.8. The summed E-state index contributed by atoms with van der Waals surface area (Å²) in [6.45, 7) is 2.23. The van der Waals surface area contributed by atoms with E-state index in [4.69, 9.17) is 0 Å². The Balaban J connectivity index is 1.75. The van der Waals surface area contributed by atoms with Crippen LogP contribution < -0.4 is 5.32 Å². The molecule has 3 amide bonds. The summed E-state index contributed by atoms with van der Waals surface area (Å²) in [6.07, 6.45) is 15.8. The first-order valence-electron chi connectivity index (χ1n) is 10.3. The predicted octanol–water partition coefficient (Wildman–Crippen LogP) is 3.58. The van der Waals surface area contributed by atoms with Gasteiger partial charge in [0.25, 0.3) is 5.91 Å². The highest BCUT2D eigenvalue weighted by molar-refractivity contribution is 5.94. The number of hydrogen-bond acceptors (Lipinski definition) is 3. The van der Waals surface area contributed by atoms with Crippen LogP contribution in [0.15, 0.2) is 12.2 Å². The highest BCUT2D eigenvalue weighted by Gasteiger charge is 2.29. The average Bonchev–Trinajstić information content (AvgIpc) is 2.62. The molecule has 0 aromatic heterocycles. The van der Waals surface area contributed by atoms with Gasteiger partial charge in [-0.05, 0) is 57.4 Å². The van der Waals surface area contributed by atoms with E-state index < -0.39 is 0 Å². The van der Waals surface area contributed by atoms with Gasteiger partial charge in [-0.15, -0.1) is 0 Å². The predicted molar refractivity (Wildman–Crippen MR) is 102 cm³/mol. The highest BCUT2D eigenvalue weighted by atomic mass is 16.2. The molecule has 2 saturated carbocycles. The molecule has 1 N–H and O–H groups in total. The third-order valence-electron chi connectivity index (χ3n) is 5.84. The molecule has 0 aromatic carbocycles. The lowest BCUT2D eigenvalue weighted by Crippen LogP contribution is -2.41. The number of carbonyl (C=O) groups excluding carboxylic acids is 3. The zero-order valence-electron chi connectivity index (χ0n) is 16.1. The molecule has 2 rings (SSSR count). The van der Waals surface area contributed by atoms with Crippen molar-refractivity contribution < 1.29 is 14.4 Å². The molecule has 0 bridgehead atoms. The van der Waals surface area contributed by atoms with Gasteiger partial charge >= 0.3 is 0 Å². The van der Waals surface area contributed by atoms with Crippen LogP contribution in [0.1, 0.15) is 77.6 Å². The Morgan fingerprint density at radius 2 is 1.58 bits per heavy atom.